The Balaban J connectivity index is 0.00000264. The molecular weight excluding hydrogens is 405 g/mol. The summed E-state index contributed by atoms with van der Waals surface area (Å²) in [5, 5.41) is 10.7. The lowest BCUT2D eigenvalue weighted by Gasteiger charge is -2.12. The summed E-state index contributed by atoms with van der Waals surface area (Å²) in [4.78, 5) is 4.18. The molecule has 0 amide bonds. The fourth-order valence-electron chi connectivity index (χ4n) is 1.95. The lowest BCUT2D eigenvalue weighted by atomic mass is 10.3. The van der Waals surface area contributed by atoms with Gasteiger partial charge in [0, 0.05) is 19.8 Å². The van der Waals surface area contributed by atoms with E-state index in [4.69, 9.17) is 4.74 Å². The predicted octanol–water partition coefficient (Wildman–Crippen LogP) is 2.05. The third-order valence-electron chi connectivity index (χ3n) is 3.03. The van der Waals surface area contributed by atoms with Crippen molar-refractivity contribution in [3.05, 3.63) is 48.3 Å². The summed E-state index contributed by atoms with van der Waals surface area (Å²) in [5.74, 6) is 1.64. The van der Waals surface area contributed by atoms with Crippen molar-refractivity contribution >= 4 is 29.9 Å². The number of hydrogen-bond acceptors (Lipinski definition) is 3. The van der Waals surface area contributed by atoms with Crippen molar-refractivity contribution in [2.45, 2.75) is 13.5 Å². The van der Waals surface area contributed by atoms with Crippen LogP contribution in [-0.4, -0.2) is 42.5 Å². The van der Waals surface area contributed by atoms with Crippen molar-refractivity contribution in [2.75, 3.05) is 26.7 Å². The van der Waals surface area contributed by atoms with Gasteiger partial charge in [-0.3, -0.25) is 9.67 Å². The van der Waals surface area contributed by atoms with Gasteiger partial charge < -0.3 is 15.4 Å². The molecule has 0 aliphatic carbocycles. The smallest absolute Gasteiger partial charge is 0.191 e. The number of ether oxygens (including phenoxy) is 1. The van der Waals surface area contributed by atoms with Gasteiger partial charge in [-0.1, -0.05) is 18.2 Å². The monoisotopic (exact) mass is 429 g/mol. The predicted molar refractivity (Wildman–Crippen MR) is 104 cm³/mol. The number of aromatic nitrogens is 2. The summed E-state index contributed by atoms with van der Waals surface area (Å²) in [5.41, 5.74) is 1.17. The standard InChI is InChI=1S/C16H23N5O.HI/c1-14-12-20-21(13-14)10-8-18-16(17-2)19-9-11-22-15-6-4-3-5-7-15;/h3-7,12-13H,8-11H2,1-2H3,(H2,17,18,19);1H. The van der Waals surface area contributed by atoms with Crippen LogP contribution in [0.1, 0.15) is 5.56 Å². The zero-order valence-electron chi connectivity index (χ0n) is 13.5. The van der Waals surface area contributed by atoms with Gasteiger partial charge in [0.1, 0.15) is 12.4 Å². The van der Waals surface area contributed by atoms with E-state index in [0.29, 0.717) is 13.2 Å². The Morgan fingerprint density at radius 3 is 2.61 bits per heavy atom. The SMILES string of the molecule is CN=C(NCCOc1ccccc1)NCCn1cc(C)cn1.I. The van der Waals surface area contributed by atoms with Crippen molar-refractivity contribution < 1.29 is 4.74 Å². The minimum absolute atomic E-state index is 0. The van der Waals surface area contributed by atoms with Gasteiger partial charge in [-0.25, -0.2) is 0 Å². The van der Waals surface area contributed by atoms with E-state index in [1.54, 1.807) is 7.05 Å². The molecule has 1 aromatic heterocycles. The minimum Gasteiger partial charge on any atom is -0.492 e. The second-order valence-electron chi connectivity index (χ2n) is 4.87. The van der Waals surface area contributed by atoms with Crippen LogP contribution in [0, 0.1) is 6.92 Å². The van der Waals surface area contributed by atoms with Crippen molar-refractivity contribution in [1.29, 1.82) is 0 Å². The number of aryl methyl sites for hydroxylation is 1. The zero-order chi connectivity index (χ0) is 15.6. The number of nitrogens with one attached hydrogen (secondary N) is 2. The maximum atomic E-state index is 5.62. The van der Waals surface area contributed by atoms with Crippen LogP contribution in [-0.2, 0) is 6.54 Å². The van der Waals surface area contributed by atoms with Crippen LogP contribution in [0.4, 0.5) is 0 Å². The van der Waals surface area contributed by atoms with E-state index in [-0.39, 0.29) is 24.0 Å². The Morgan fingerprint density at radius 1 is 1.22 bits per heavy atom. The first kappa shape index (κ1) is 19.3. The number of guanidine groups is 1. The van der Waals surface area contributed by atoms with Gasteiger partial charge in [0.25, 0.3) is 0 Å². The first-order valence-electron chi connectivity index (χ1n) is 7.39. The number of hydrogen-bond donors (Lipinski definition) is 2. The molecule has 2 aromatic rings. The summed E-state index contributed by atoms with van der Waals surface area (Å²) in [6.07, 6.45) is 3.87. The van der Waals surface area contributed by atoms with E-state index in [2.05, 4.69) is 20.7 Å². The molecule has 2 N–H and O–H groups in total. The molecular formula is C16H24IN5O. The number of aliphatic imine (C=N–C) groups is 1. The molecule has 0 saturated carbocycles. The average Bonchev–Trinajstić information content (AvgIpc) is 2.96. The minimum atomic E-state index is 0. The van der Waals surface area contributed by atoms with E-state index in [0.717, 1.165) is 24.8 Å². The largest absolute Gasteiger partial charge is 0.492 e. The van der Waals surface area contributed by atoms with E-state index in [1.165, 1.54) is 5.56 Å². The Hall–Kier alpha value is -1.77. The average molecular weight is 429 g/mol. The molecule has 0 aliphatic heterocycles. The fourth-order valence-corrected chi connectivity index (χ4v) is 1.95. The number of para-hydroxylation sites is 1. The third kappa shape index (κ3) is 7.36. The Bertz CT molecular complexity index is 585. The van der Waals surface area contributed by atoms with Crippen molar-refractivity contribution in [2.24, 2.45) is 4.99 Å². The lowest BCUT2D eigenvalue weighted by Crippen LogP contribution is -2.40. The van der Waals surface area contributed by atoms with Gasteiger partial charge in [0.2, 0.25) is 0 Å². The van der Waals surface area contributed by atoms with Crippen LogP contribution in [0.2, 0.25) is 0 Å². The summed E-state index contributed by atoms with van der Waals surface area (Å²) in [6, 6.07) is 9.77. The maximum Gasteiger partial charge on any atom is 0.191 e. The van der Waals surface area contributed by atoms with E-state index >= 15 is 0 Å². The first-order chi connectivity index (χ1) is 10.8. The van der Waals surface area contributed by atoms with Gasteiger partial charge in [-0.05, 0) is 24.6 Å². The van der Waals surface area contributed by atoms with Crippen LogP contribution < -0.4 is 15.4 Å². The molecule has 2 rings (SSSR count). The molecule has 23 heavy (non-hydrogen) atoms. The zero-order valence-corrected chi connectivity index (χ0v) is 15.9. The van der Waals surface area contributed by atoms with Gasteiger partial charge in [0.15, 0.2) is 5.96 Å². The highest BCUT2D eigenvalue weighted by Crippen LogP contribution is 2.07. The molecule has 0 bridgehead atoms. The molecule has 126 valence electrons. The van der Waals surface area contributed by atoms with Gasteiger partial charge in [-0.15, -0.1) is 24.0 Å². The van der Waals surface area contributed by atoms with Crippen molar-refractivity contribution in [3.63, 3.8) is 0 Å². The van der Waals surface area contributed by atoms with E-state index in [9.17, 15) is 0 Å². The first-order valence-corrected chi connectivity index (χ1v) is 7.39. The van der Waals surface area contributed by atoms with Gasteiger partial charge in [0.05, 0.1) is 19.3 Å². The number of rotatable bonds is 7. The molecule has 0 atom stereocenters. The maximum absolute atomic E-state index is 5.62. The molecule has 0 saturated heterocycles. The van der Waals surface area contributed by atoms with Crippen LogP contribution >= 0.6 is 24.0 Å². The molecule has 1 aromatic carbocycles. The Labute approximate surface area is 154 Å². The second kappa shape index (κ2) is 10.9. The molecule has 0 radical (unpaired) electrons. The van der Waals surface area contributed by atoms with Crippen LogP contribution in [0.5, 0.6) is 5.75 Å². The number of benzene rings is 1. The van der Waals surface area contributed by atoms with E-state index in [1.807, 2.05) is 54.3 Å². The quantitative estimate of drug-likeness (QED) is 0.306. The highest BCUT2D eigenvalue weighted by atomic mass is 127. The lowest BCUT2D eigenvalue weighted by molar-refractivity contribution is 0.322. The van der Waals surface area contributed by atoms with Gasteiger partial charge >= 0.3 is 0 Å². The topological polar surface area (TPSA) is 63.5 Å². The molecule has 0 aliphatic rings. The fraction of sp³-hybridized carbons (Fsp3) is 0.375. The van der Waals surface area contributed by atoms with Crippen molar-refractivity contribution in [1.82, 2.24) is 20.4 Å². The molecule has 7 heteroatoms. The summed E-state index contributed by atoms with van der Waals surface area (Å²) in [6.45, 7) is 4.87. The molecule has 0 fully saturated rings. The normalized spacial score (nSPS) is 10.8. The summed E-state index contributed by atoms with van der Waals surface area (Å²) < 4.78 is 7.53. The number of halogens is 1. The Morgan fingerprint density at radius 2 is 1.96 bits per heavy atom. The highest BCUT2D eigenvalue weighted by molar-refractivity contribution is 14.0. The number of nitrogens with zero attached hydrogens (tertiary/aromatic N) is 3. The van der Waals surface area contributed by atoms with E-state index < -0.39 is 0 Å². The Kier molecular flexibility index (Phi) is 9.11. The molecule has 6 nitrogen and oxygen atoms in total. The van der Waals surface area contributed by atoms with Crippen LogP contribution in [0.15, 0.2) is 47.7 Å². The van der Waals surface area contributed by atoms with Crippen LogP contribution in [0.3, 0.4) is 0 Å². The highest BCUT2D eigenvalue weighted by Gasteiger charge is 1.98. The van der Waals surface area contributed by atoms with Crippen molar-refractivity contribution in [3.8, 4) is 5.75 Å². The molecule has 1 heterocycles. The molecule has 0 spiro atoms. The second-order valence-corrected chi connectivity index (χ2v) is 4.87. The molecule has 0 unspecified atom stereocenters. The summed E-state index contributed by atoms with van der Waals surface area (Å²) >= 11 is 0. The third-order valence-corrected chi connectivity index (χ3v) is 3.03. The summed E-state index contributed by atoms with van der Waals surface area (Å²) in [7, 11) is 1.76. The van der Waals surface area contributed by atoms with Gasteiger partial charge in [-0.2, -0.15) is 5.10 Å². The van der Waals surface area contributed by atoms with Crippen LogP contribution in [0.25, 0.3) is 0 Å².